The zero-order chi connectivity index (χ0) is 42.2. The molecule has 4 N–H and O–H groups in total. The van der Waals surface area contributed by atoms with E-state index < -0.39 is 6.10 Å². The Morgan fingerprint density at radius 3 is 2.41 bits per heavy atom. The van der Waals surface area contributed by atoms with Gasteiger partial charge in [0, 0.05) is 55.2 Å². The molecule has 3 aromatic carbocycles. The highest BCUT2D eigenvalue weighted by Gasteiger charge is 2.45. The first kappa shape index (κ1) is 45.4. The third-order valence-electron chi connectivity index (χ3n) is 13.5. The molecule has 2 saturated carbocycles. The minimum Gasteiger partial charge on any atom is -0.497 e. The SMILES string of the molecule is C.CNC(=O)C1Cc2ccccc2C(/C=C/c2ccc(-c3cccc(C)c3)cn2)C1CO.COc1ccc2nc(/C=C/C3C4CCCCC4CC(CO)C3[C@H](C)O)ccc2c1. The number of nitrogens with zero attached hydrogens (tertiary/aromatic N) is 2. The van der Waals surface area contributed by atoms with Crippen LogP contribution in [-0.4, -0.2) is 64.7 Å². The molecule has 1 amide bonds. The van der Waals surface area contributed by atoms with Crippen LogP contribution in [0.25, 0.3) is 34.2 Å². The molecule has 3 aliphatic rings. The number of hydrogen-bond acceptors (Lipinski definition) is 7. The summed E-state index contributed by atoms with van der Waals surface area (Å²) in [5, 5.41) is 34.5. The highest BCUT2D eigenvalue weighted by Crippen LogP contribution is 2.50. The first-order valence-electron chi connectivity index (χ1n) is 21.7. The average molecular weight is 824 g/mol. The topological polar surface area (TPSA) is 125 Å². The molecule has 0 spiro atoms. The van der Waals surface area contributed by atoms with Crippen LogP contribution in [0.2, 0.25) is 0 Å². The summed E-state index contributed by atoms with van der Waals surface area (Å²) < 4.78 is 5.30. The van der Waals surface area contributed by atoms with Gasteiger partial charge in [-0.2, -0.15) is 0 Å². The van der Waals surface area contributed by atoms with Crippen molar-refractivity contribution in [2.45, 2.75) is 71.8 Å². The van der Waals surface area contributed by atoms with E-state index in [2.05, 4.69) is 84.0 Å². The number of pyridine rings is 2. The van der Waals surface area contributed by atoms with Gasteiger partial charge in [-0.3, -0.25) is 9.78 Å². The normalized spacial score (nSPS) is 25.1. The Balaban J connectivity index is 0.000000201. The van der Waals surface area contributed by atoms with Crippen molar-refractivity contribution in [1.82, 2.24) is 15.3 Å². The van der Waals surface area contributed by atoms with E-state index in [1.165, 1.54) is 42.4 Å². The average Bonchev–Trinajstić information content (AvgIpc) is 3.29. The van der Waals surface area contributed by atoms with Crippen LogP contribution in [-0.2, 0) is 11.2 Å². The summed E-state index contributed by atoms with van der Waals surface area (Å²) in [6, 6.07) is 30.7. The van der Waals surface area contributed by atoms with Gasteiger partial charge in [0.2, 0.25) is 5.91 Å². The summed E-state index contributed by atoms with van der Waals surface area (Å²) in [7, 11) is 3.33. The molecule has 8 heteroatoms. The summed E-state index contributed by atoms with van der Waals surface area (Å²) in [5.41, 5.74) is 8.53. The molecule has 0 bridgehead atoms. The second-order valence-electron chi connectivity index (χ2n) is 17.1. The van der Waals surface area contributed by atoms with Crippen LogP contribution in [0.1, 0.15) is 80.5 Å². The van der Waals surface area contributed by atoms with Crippen molar-refractivity contribution < 1.29 is 24.9 Å². The van der Waals surface area contributed by atoms with Crippen LogP contribution in [0, 0.1) is 48.3 Å². The van der Waals surface area contributed by atoms with Gasteiger partial charge in [-0.05, 0) is 122 Å². The largest absolute Gasteiger partial charge is 0.497 e. The molecule has 5 aromatic rings. The number of carbonyl (C=O) groups excluding carboxylic acids is 1. The molecule has 8 rings (SSSR count). The number of methoxy groups -OCH3 is 1. The Bertz CT molecular complexity index is 2270. The van der Waals surface area contributed by atoms with Crippen molar-refractivity contribution in [3.63, 3.8) is 0 Å². The summed E-state index contributed by atoms with van der Waals surface area (Å²) in [6.45, 7) is 4.10. The monoisotopic (exact) mass is 823 g/mol. The maximum Gasteiger partial charge on any atom is 0.223 e. The summed E-state index contributed by atoms with van der Waals surface area (Å²) in [5.74, 6) is 2.20. The van der Waals surface area contributed by atoms with Crippen molar-refractivity contribution >= 4 is 29.0 Å². The first-order valence-corrected chi connectivity index (χ1v) is 21.7. The standard InChI is InChI=1S/C27H28N2O2.C25H33NO3.CH4/c1-18-6-5-8-19(14-18)21-10-11-22(29-16-21)12-13-24-23-9-4-3-7-20(23)15-25(26(24)17-30)27(31)28-2;1-16(28)25-19(15-27)13-17-5-3-4-6-22(17)23(25)11-9-20-8-7-18-14-21(29-2)10-12-24(18)26-20;/h3-14,16,24-26,30H,15,17H2,1-2H3,(H,28,31);7-12,14,16-17,19,22-23,25,27-28H,3-6,13,15H2,1-2H3;1H4/b13-12+;11-9+;/t;16-,17?,19?,22?,23?,25?;/m.0./s1. The number of aryl methyl sites for hydroxylation is 1. The molecule has 61 heavy (non-hydrogen) atoms. The predicted molar refractivity (Wildman–Crippen MR) is 248 cm³/mol. The highest BCUT2D eigenvalue weighted by atomic mass is 16.5. The molecular formula is C53H65N3O5. The van der Waals surface area contributed by atoms with E-state index in [9.17, 15) is 20.1 Å². The number of benzene rings is 3. The van der Waals surface area contributed by atoms with E-state index in [1.807, 2.05) is 61.7 Å². The van der Waals surface area contributed by atoms with Crippen molar-refractivity contribution in [3.05, 3.63) is 137 Å². The smallest absolute Gasteiger partial charge is 0.223 e. The number of aliphatic hydroxyl groups excluding tert-OH is 3. The van der Waals surface area contributed by atoms with Crippen LogP contribution in [0.5, 0.6) is 5.75 Å². The third kappa shape index (κ3) is 10.5. The molecule has 8 unspecified atom stereocenters. The van der Waals surface area contributed by atoms with Crippen molar-refractivity contribution in [1.29, 1.82) is 0 Å². The van der Waals surface area contributed by atoms with E-state index >= 15 is 0 Å². The van der Waals surface area contributed by atoms with Crippen LogP contribution >= 0.6 is 0 Å². The van der Waals surface area contributed by atoms with Crippen molar-refractivity contribution in [2.75, 3.05) is 27.4 Å². The fourth-order valence-corrected chi connectivity index (χ4v) is 10.5. The number of ether oxygens (including phenoxy) is 1. The Morgan fingerprint density at radius 1 is 0.902 bits per heavy atom. The molecular weight excluding hydrogens is 759 g/mol. The lowest BCUT2D eigenvalue weighted by molar-refractivity contribution is -0.127. The first-order chi connectivity index (χ1) is 29.2. The summed E-state index contributed by atoms with van der Waals surface area (Å²) in [6.07, 6.45) is 16.7. The fraction of sp³-hybridized carbons (Fsp3) is 0.415. The van der Waals surface area contributed by atoms with E-state index in [-0.39, 0.29) is 56.1 Å². The van der Waals surface area contributed by atoms with Crippen LogP contribution in [0.15, 0.2) is 109 Å². The number of carbonyl (C=O) groups is 1. The van der Waals surface area contributed by atoms with Gasteiger partial charge < -0.3 is 25.4 Å². The van der Waals surface area contributed by atoms with Crippen LogP contribution in [0.4, 0.5) is 0 Å². The Labute approximate surface area is 362 Å². The number of aliphatic hydroxyl groups is 3. The Morgan fingerprint density at radius 2 is 1.69 bits per heavy atom. The molecule has 2 fully saturated rings. The number of fused-ring (bicyclic) bond motifs is 3. The van der Waals surface area contributed by atoms with Crippen molar-refractivity contribution in [3.8, 4) is 16.9 Å². The number of hydrogen-bond donors (Lipinski definition) is 4. The van der Waals surface area contributed by atoms with Gasteiger partial charge in [0.25, 0.3) is 0 Å². The van der Waals surface area contributed by atoms with Crippen LogP contribution < -0.4 is 10.1 Å². The molecule has 322 valence electrons. The second kappa shape index (κ2) is 21.1. The zero-order valence-corrected chi connectivity index (χ0v) is 35.5. The van der Waals surface area contributed by atoms with Gasteiger partial charge in [0.05, 0.1) is 30.1 Å². The van der Waals surface area contributed by atoms with E-state index in [1.54, 1.807) is 14.2 Å². The maximum absolute atomic E-state index is 12.5. The quantitative estimate of drug-likeness (QED) is 0.111. The number of aromatic nitrogens is 2. The number of amides is 1. The van der Waals surface area contributed by atoms with Crippen molar-refractivity contribution in [2.24, 2.45) is 41.4 Å². The molecule has 9 atom stereocenters. The third-order valence-corrected chi connectivity index (χ3v) is 13.5. The summed E-state index contributed by atoms with van der Waals surface area (Å²) >= 11 is 0. The van der Waals surface area contributed by atoms with Gasteiger partial charge in [-0.25, -0.2) is 4.98 Å². The minimum absolute atomic E-state index is 0. The zero-order valence-electron chi connectivity index (χ0n) is 35.5. The molecule has 8 nitrogen and oxygen atoms in total. The maximum atomic E-state index is 12.5. The Hall–Kier alpha value is -5.15. The molecule has 2 aromatic heterocycles. The van der Waals surface area contributed by atoms with E-state index in [0.29, 0.717) is 24.2 Å². The number of rotatable bonds is 10. The van der Waals surface area contributed by atoms with Crippen LogP contribution in [0.3, 0.4) is 0 Å². The summed E-state index contributed by atoms with van der Waals surface area (Å²) in [4.78, 5) is 21.9. The molecule has 2 heterocycles. The Kier molecular flexibility index (Phi) is 15.7. The van der Waals surface area contributed by atoms with E-state index in [0.717, 1.165) is 45.6 Å². The molecule has 0 aliphatic heterocycles. The van der Waals surface area contributed by atoms with Gasteiger partial charge in [0.15, 0.2) is 0 Å². The lowest BCUT2D eigenvalue weighted by atomic mass is 9.57. The van der Waals surface area contributed by atoms with Gasteiger partial charge in [-0.15, -0.1) is 0 Å². The number of nitrogens with one attached hydrogen (secondary N) is 1. The predicted octanol–water partition coefficient (Wildman–Crippen LogP) is 9.71. The highest BCUT2D eigenvalue weighted by molar-refractivity contribution is 5.81. The molecule has 3 aliphatic carbocycles. The minimum atomic E-state index is -0.415. The lowest BCUT2D eigenvalue weighted by Gasteiger charge is -2.49. The lowest BCUT2D eigenvalue weighted by Crippen LogP contribution is -2.46. The van der Waals surface area contributed by atoms with Gasteiger partial charge in [-0.1, -0.05) is 105 Å². The second-order valence-corrected chi connectivity index (χ2v) is 17.1. The fourth-order valence-electron chi connectivity index (χ4n) is 10.5. The molecule has 0 radical (unpaired) electrons. The molecule has 0 saturated heterocycles. The van der Waals surface area contributed by atoms with Gasteiger partial charge >= 0.3 is 0 Å². The van der Waals surface area contributed by atoms with E-state index in [4.69, 9.17) is 9.72 Å². The van der Waals surface area contributed by atoms with Gasteiger partial charge in [0.1, 0.15) is 5.75 Å². The number of allylic oxidation sites excluding steroid dienone is 2.